The lowest BCUT2D eigenvalue weighted by Crippen LogP contribution is -2.66. The van der Waals surface area contributed by atoms with Gasteiger partial charge >= 0.3 is 0 Å². The molecule has 2 bridgehead atoms. The summed E-state index contributed by atoms with van der Waals surface area (Å²) in [6, 6.07) is 0. The summed E-state index contributed by atoms with van der Waals surface area (Å²) in [6.07, 6.45) is 12.8. The smallest absolute Gasteiger partial charge is 0.212 e. The number of hydrogen-bond acceptors (Lipinski definition) is 3. The zero-order valence-corrected chi connectivity index (χ0v) is 22.8. The van der Waals surface area contributed by atoms with Crippen molar-refractivity contribution in [3.63, 3.8) is 0 Å². The minimum absolute atomic E-state index is 0.00863. The molecule has 1 unspecified atom stereocenters. The van der Waals surface area contributed by atoms with Crippen molar-refractivity contribution in [1.82, 2.24) is 0 Å². The van der Waals surface area contributed by atoms with Crippen molar-refractivity contribution < 1.29 is 14.5 Å². The van der Waals surface area contributed by atoms with Crippen LogP contribution in [0.5, 0.6) is 0 Å². The highest BCUT2D eigenvalue weighted by Gasteiger charge is 2.75. The summed E-state index contributed by atoms with van der Waals surface area (Å²) >= 11 is 0. The van der Waals surface area contributed by atoms with Gasteiger partial charge in [-0.05, 0) is 96.7 Å². The van der Waals surface area contributed by atoms with Crippen molar-refractivity contribution >= 4 is 0 Å². The first-order chi connectivity index (χ1) is 15.3. The van der Waals surface area contributed by atoms with Crippen LogP contribution in [0.1, 0.15) is 120 Å². The van der Waals surface area contributed by atoms with Gasteiger partial charge in [0.25, 0.3) is 0 Å². The van der Waals surface area contributed by atoms with Gasteiger partial charge in [0.05, 0.1) is 0 Å². The van der Waals surface area contributed by atoms with E-state index in [4.69, 9.17) is 14.5 Å². The van der Waals surface area contributed by atoms with E-state index in [-0.39, 0.29) is 17.1 Å². The van der Waals surface area contributed by atoms with Crippen molar-refractivity contribution in [2.24, 2.45) is 56.7 Å². The summed E-state index contributed by atoms with van der Waals surface area (Å²) in [6.45, 7) is 20.4. The second-order valence-electron chi connectivity index (χ2n) is 15.3. The van der Waals surface area contributed by atoms with E-state index in [0.717, 1.165) is 30.6 Å². The lowest BCUT2D eigenvalue weighted by molar-refractivity contribution is -0.404. The van der Waals surface area contributed by atoms with E-state index in [2.05, 4.69) is 55.4 Å². The molecule has 4 aliphatic carbocycles. The van der Waals surface area contributed by atoms with Crippen LogP contribution in [-0.2, 0) is 14.5 Å². The summed E-state index contributed by atoms with van der Waals surface area (Å²) in [5.74, 6) is 3.05. The molecular weight excluding hydrogens is 408 g/mol. The average Bonchev–Trinajstić information content (AvgIpc) is 3.29. The molecular formula is C30H50O3. The summed E-state index contributed by atoms with van der Waals surface area (Å²) in [4.78, 5) is 12.3. The van der Waals surface area contributed by atoms with Crippen molar-refractivity contribution in [1.29, 1.82) is 0 Å². The maximum atomic E-state index is 6.85. The third kappa shape index (κ3) is 2.59. The first-order valence-electron chi connectivity index (χ1n) is 14.4. The van der Waals surface area contributed by atoms with Gasteiger partial charge in [-0.25, -0.2) is 4.89 Å². The number of rotatable bonds is 1. The zero-order chi connectivity index (χ0) is 23.7. The summed E-state index contributed by atoms with van der Waals surface area (Å²) in [7, 11) is 0. The zero-order valence-electron chi connectivity index (χ0n) is 22.8. The van der Waals surface area contributed by atoms with Crippen LogP contribution in [0.25, 0.3) is 0 Å². The molecule has 10 atom stereocenters. The van der Waals surface area contributed by atoms with Crippen molar-refractivity contribution in [2.45, 2.75) is 132 Å². The minimum atomic E-state index is -0.567. The predicted molar refractivity (Wildman–Crippen MR) is 131 cm³/mol. The normalized spacial score (nSPS) is 59.4. The molecule has 33 heavy (non-hydrogen) atoms. The summed E-state index contributed by atoms with van der Waals surface area (Å²) < 4.78 is 6.85. The Morgan fingerprint density at radius 2 is 1.36 bits per heavy atom. The van der Waals surface area contributed by atoms with E-state index in [9.17, 15) is 0 Å². The molecule has 4 saturated carbocycles. The highest BCUT2D eigenvalue weighted by molar-refractivity contribution is 5.20. The van der Waals surface area contributed by atoms with Crippen molar-refractivity contribution in [2.75, 3.05) is 0 Å². The molecule has 0 aromatic rings. The molecule has 6 fully saturated rings. The van der Waals surface area contributed by atoms with Gasteiger partial charge in [-0.15, -0.1) is 0 Å². The van der Waals surface area contributed by atoms with Crippen LogP contribution in [0.3, 0.4) is 0 Å². The second-order valence-corrected chi connectivity index (χ2v) is 15.3. The van der Waals surface area contributed by atoms with Crippen molar-refractivity contribution in [3.8, 4) is 0 Å². The Hall–Kier alpha value is -0.120. The Kier molecular flexibility index (Phi) is 4.80. The van der Waals surface area contributed by atoms with E-state index in [1.807, 2.05) is 0 Å². The quantitative estimate of drug-likeness (QED) is 0.371. The molecule has 3 nitrogen and oxygen atoms in total. The third-order valence-corrected chi connectivity index (χ3v) is 13.7. The molecule has 2 saturated heterocycles. The Balaban J connectivity index is 1.43. The van der Waals surface area contributed by atoms with E-state index >= 15 is 0 Å². The van der Waals surface area contributed by atoms with Gasteiger partial charge < -0.3 is 4.74 Å². The molecule has 0 N–H and O–H groups in total. The summed E-state index contributed by atoms with van der Waals surface area (Å²) in [5, 5.41) is 0. The molecule has 1 spiro atoms. The lowest BCUT2D eigenvalue weighted by atomic mass is 9.34. The first kappa shape index (κ1) is 23.3. The van der Waals surface area contributed by atoms with Crippen LogP contribution in [0.2, 0.25) is 0 Å². The third-order valence-electron chi connectivity index (χ3n) is 13.7. The van der Waals surface area contributed by atoms with Gasteiger partial charge in [0.2, 0.25) is 5.79 Å². The van der Waals surface area contributed by atoms with Crippen molar-refractivity contribution in [3.05, 3.63) is 0 Å². The van der Waals surface area contributed by atoms with E-state index < -0.39 is 5.79 Å². The van der Waals surface area contributed by atoms with Crippen LogP contribution < -0.4 is 0 Å². The number of fused-ring (bicyclic) bond motifs is 7. The van der Waals surface area contributed by atoms with E-state index in [0.29, 0.717) is 28.1 Å². The van der Waals surface area contributed by atoms with Crippen LogP contribution >= 0.6 is 0 Å². The molecule has 3 heteroatoms. The van der Waals surface area contributed by atoms with Crippen LogP contribution in [-0.4, -0.2) is 12.1 Å². The highest BCUT2D eigenvalue weighted by atomic mass is 17.3. The maximum Gasteiger partial charge on any atom is 0.212 e. The van der Waals surface area contributed by atoms with Crippen LogP contribution in [0.4, 0.5) is 0 Å². The molecule has 0 aromatic carbocycles. The molecule has 0 radical (unpaired) electrons. The fraction of sp³-hybridized carbons (Fsp3) is 1.00. The molecule has 2 aliphatic heterocycles. The van der Waals surface area contributed by atoms with Crippen LogP contribution in [0, 0.1) is 56.7 Å². The summed E-state index contributed by atoms with van der Waals surface area (Å²) in [5.41, 5.74) is 1.52. The Labute approximate surface area is 203 Å². The molecule has 188 valence electrons. The SMILES string of the molecule is CC(C)[C@H]1CC[C@@H]2[C@]1(C)CC[C@]1(C)[C@H]3CC4OO[C@@]5(O4)[C@@H](CCCC5(C)C)[C@]3(C)CC[C@@]21C. The van der Waals surface area contributed by atoms with Gasteiger partial charge in [0, 0.05) is 17.8 Å². The molecule has 0 aromatic heterocycles. The maximum absolute atomic E-state index is 6.85. The molecule has 0 amide bonds. The van der Waals surface area contributed by atoms with Gasteiger partial charge in [0.1, 0.15) is 0 Å². The molecule has 6 rings (SSSR count). The highest BCUT2D eigenvalue weighted by Crippen LogP contribution is 2.78. The van der Waals surface area contributed by atoms with E-state index in [1.54, 1.807) is 0 Å². The monoisotopic (exact) mass is 458 g/mol. The molecule has 2 heterocycles. The number of ether oxygens (including phenoxy) is 1. The predicted octanol–water partition coefficient (Wildman–Crippen LogP) is 8.13. The fourth-order valence-corrected chi connectivity index (χ4v) is 11.8. The molecule has 6 aliphatic rings. The van der Waals surface area contributed by atoms with E-state index in [1.165, 1.54) is 51.4 Å². The first-order valence-corrected chi connectivity index (χ1v) is 14.4. The van der Waals surface area contributed by atoms with Gasteiger partial charge in [-0.3, -0.25) is 0 Å². The Bertz CT molecular complexity index is 821. The largest absolute Gasteiger partial charge is 0.314 e. The second kappa shape index (κ2) is 6.80. The topological polar surface area (TPSA) is 27.7 Å². The average molecular weight is 459 g/mol. The van der Waals surface area contributed by atoms with Gasteiger partial charge in [-0.1, -0.05) is 61.8 Å². The minimum Gasteiger partial charge on any atom is -0.314 e. The Morgan fingerprint density at radius 3 is 2.06 bits per heavy atom. The standard InChI is InChI=1S/C30H50O3/c1-19(2)20-11-12-21-26(20,5)14-16-29(8)23-18-24-31-30(33-32-24)22(10-9-13-25(30,3)4)27(23,6)15-17-28(21,29)7/h19-24H,9-18H2,1-8H3/t20-,21-,22+,23+,24?,26-,27+,28+,29-,30+/m1/s1. The Morgan fingerprint density at radius 1 is 0.697 bits per heavy atom. The van der Waals surface area contributed by atoms with Crippen LogP contribution in [0.15, 0.2) is 0 Å². The van der Waals surface area contributed by atoms with Gasteiger partial charge in [-0.2, -0.15) is 4.89 Å². The van der Waals surface area contributed by atoms with Gasteiger partial charge in [0.15, 0.2) is 6.29 Å². The fourth-order valence-electron chi connectivity index (χ4n) is 11.8. The lowest BCUT2D eigenvalue weighted by Gasteiger charge is -2.70. The number of hydrogen-bond donors (Lipinski definition) is 0.